The fourth-order valence-electron chi connectivity index (χ4n) is 1.53. The summed E-state index contributed by atoms with van der Waals surface area (Å²) < 4.78 is 26.2. The van der Waals surface area contributed by atoms with Crippen molar-refractivity contribution in [2.45, 2.75) is 32.6 Å². The lowest BCUT2D eigenvalue weighted by atomic mass is 9.82. The lowest BCUT2D eigenvalue weighted by molar-refractivity contribution is 0.274. The molecule has 0 radical (unpaired) electrons. The van der Waals surface area contributed by atoms with Gasteiger partial charge in [0.1, 0.15) is 4.90 Å². The van der Waals surface area contributed by atoms with Crippen molar-refractivity contribution in [1.82, 2.24) is 4.72 Å². The molecule has 1 unspecified atom stereocenters. The number of hydrogen-bond donors (Lipinski definition) is 2. The van der Waals surface area contributed by atoms with Crippen LogP contribution in [0.5, 0.6) is 0 Å². The molecule has 0 aromatic heterocycles. The summed E-state index contributed by atoms with van der Waals surface area (Å²) >= 11 is 0. The molecule has 0 saturated carbocycles. The Morgan fingerprint density at radius 2 is 1.79 bits per heavy atom. The van der Waals surface area contributed by atoms with Gasteiger partial charge in [-0.25, -0.2) is 13.1 Å². The Hall–Kier alpha value is -1.07. The molecule has 1 aromatic carbocycles. The molecule has 2 N–H and O–H groups in total. The first-order valence-electron chi connectivity index (χ1n) is 6.45. The van der Waals surface area contributed by atoms with Crippen LogP contribution in [0.4, 0.5) is 5.69 Å². The van der Waals surface area contributed by atoms with Crippen LogP contribution >= 0.6 is 0 Å². The summed E-state index contributed by atoms with van der Waals surface area (Å²) in [5, 5.41) is 3.24. The van der Waals surface area contributed by atoms with Gasteiger partial charge in [0.25, 0.3) is 0 Å². The monoisotopic (exact) mass is 284 g/mol. The highest BCUT2D eigenvalue weighted by Gasteiger charge is 2.21. The Kier molecular flexibility index (Phi) is 4.98. The number of hydrogen-bond acceptors (Lipinski definition) is 3. The number of benzene rings is 1. The van der Waals surface area contributed by atoms with Crippen molar-refractivity contribution in [3.63, 3.8) is 0 Å². The Bertz CT molecular complexity index is 518. The van der Waals surface area contributed by atoms with E-state index in [1.165, 1.54) is 7.05 Å². The average Bonchev–Trinajstić information content (AvgIpc) is 2.35. The van der Waals surface area contributed by atoms with Crippen LogP contribution in [0.15, 0.2) is 29.2 Å². The molecule has 0 aliphatic carbocycles. The van der Waals surface area contributed by atoms with E-state index >= 15 is 0 Å². The summed E-state index contributed by atoms with van der Waals surface area (Å²) in [5.41, 5.74) is 0.831. The van der Waals surface area contributed by atoms with Crippen molar-refractivity contribution in [1.29, 1.82) is 0 Å². The lowest BCUT2D eigenvalue weighted by Gasteiger charge is -2.28. The van der Waals surface area contributed by atoms with Crippen LogP contribution in [0.1, 0.15) is 27.7 Å². The van der Waals surface area contributed by atoms with Crippen LogP contribution < -0.4 is 10.0 Å². The van der Waals surface area contributed by atoms with Crippen molar-refractivity contribution in [2.75, 3.05) is 18.9 Å². The molecule has 5 heteroatoms. The number of para-hydroxylation sites is 1. The van der Waals surface area contributed by atoms with Gasteiger partial charge in [-0.05, 0) is 30.5 Å². The Labute approximate surface area is 116 Å². The summed E-state index contributed by atoms with van der Waals surface area (Å²) in [6, 6.07) is 6.96. The highest BCUT2D eigenvalue weighted by atomic mass is 32.2. The second kappa shape index (κ2) is 5.92. The molecule has 0 aliphatic heterocycles. The molecular weight excluding hydrogens is 260 g/mol. The minimum Gasteiger partial charge on any atom is -0.384 e. The summed E-state index contributed by atoms with van der Waals surface area (Å²) in [6.07, 6.45) is 0. The van der Waals surface area contributed by atoms with E-state index in [-0.39, 0.29) is 5.41 Å². The van der Waals surface area contributed by atoms with E-state index in [4.69, 9.17) is 0 Å². The third-order valence-electron chi connectivity index (χ3n) is 3.52. The van der Waals surface area contributed by atoms with Crippen molar-refractivity contribution < 1.29 is 8.42 Å². The molecule has 1 rings (SSSR count). The molecule has 108 valence electrons. The number of nitrogens with one attached hydrogen (secondary N) is 2. The highest BCUT2D eigenvalue weighted by molar-refractivity contribution is 7.89. The summed E-state index contributed by atoms with van der Waals surface area (Å²) in [5.74, 6) is 0.429. The predicted octanol–water partition coefficient (Wildman–Crippen LogP) is 2.69. The Morgan fingerprint density at radius 3 is 2.32 bits per heavy atom. The Balaban J connectivity index is 2.92. The van der Waals surface area contributed by atoms with E-state index in [2.05, 4.69) is 37.7 Å². The lowest BCUT2D eigenvalue weighted by Crippen LogP contribution is -2.26. The van der Waals surface area contributed by atoms with Crippen LogP contribution in [-0.2, 0) is 10.0 Å². The predicted molar refractivity (Wildman–Crippen MR) is 79.8 cm³/mol. The fourth-order valence-corrected chi connectivity index (χ4v) is 2.43. The third-order valence-corrected chi connectivity index (χ3v) is 4.99. The molecular formula is C14H24N2O2S. The molecule has 0 amide bonds. The SMILES string of the molecule is CNS(=O)(=O)c1ccccc1NCC(C)C(C)(C)C. The summed E-state index contributed by atoms with van der Waals surface area (Å²) in [6.45, 7) is 9.42. The van der Waals surface area contributed by atoms with E-state index in [1.807, 2.05) is 6.07 Å². The quantitative estimate of drug-likeness (QED) is 0.874. The van der Waals surface area contributed by atoms with Crippen LogP contribution in [0.2, 0.25) is 0 Å². The zero-order valence-corrected chi connectivity index (χ0v) is 13.1. The summed E-state index contributed by atoms with van der Waals surface area (Å²) in [7, 11) is -2.00. The van der Waals surface area contributed by atoms with Crippen LogP contribution in [0, 0.1) is 11.3 Å². The molecule has 4 nitrogen and oxygen atoms in total. The van der Waals surface area contributed by atoms with Gasteiger partial charge in [-0.2, -0.15) is 0 Å². The van der Waals surface area contributed by atoms with E-state index in [1.54, 1.807) is 18.2 Å². The molecule has 19 heavy (non-hydrogen) atoms. The van der Waals surface area contributed by atoms with E-state index < -0.39 is 10.0 Å². The molecule has 0 aliphatic rings. The molecule has 0 heterocycles. The van der Waals surface area contributed by atoms with E-state index in [0.29, 0.717) is 16.5 Å². The average molecular weight is 284 g/mol. The normalized spacial score (nSPS) is 14.2. The number of rotatable bonds is 5. The second-order valence-electron chi connectivity index (χ2n) is 5.85. The molecule has 0 saturated heterocycles. The summed E-state index contributed by atoms with van der Waals surface area (Å²) in [4.78, 5) is 0.290. The van der Waals surface area contributed by atoms with Crippen LogP contribution in [-0.4, -0.2) is 22.0 Å². The highest BCUT2D eigenvalue weighted by Crippen LogP contribution is 2.27. The van der Waals surface area contributed by atoms with Crippen LogP contribution in [0.25, 0.3) is 0 Å². The maximum atomic E-state index is 11.9. The topological polar surface area (TPSA) is 58.2 Å². The first kappa shape index (κ1) is 16.0. The van der Waals surface area contributed by atoms with Crippen molar-refractivity contribution in [3.05, 3.63) is 24.3 Å². The van der Waals surface area contributed by atoms with Gasteiger partial charge < -0.3 is 5.32 Å². The van der Waals surface area contributed by atoms with Crippen molar-refractivity contribution in [3.8, 4) is 0 Å². The number of sulfonamides is 1. The molecule has 1 atom stereocenters. The first-order chi connectivity index (χ1) is 8.68. The maximum Gasteiger partial charge on any atom is 0.242 e. The zero-order chi connectivity index (χ0) is 14.7. The standard InChI is InChI=1S/C14H24N2O2S/c1-11(14(2,3)4)10-16-12-8-6-7-9-13(12)19(17,18)15-5/h6-9,11,15-16H,10H2,1-5H3. The van der Waals surface area contributed by atoms with E-state index in [9.17, 15) is 8.42 Å². The van der Waals surface area contributed by atoms with Gasteiger partial charge in [0.15, 0.2) is 0 Å². The molecule has 0 spiro atoms. The van der Waals surface area contributed by atoms with Gasteiger partial charge in [-0.1, -0.05) is 39.8 Å². The first-order valence-corrected chi connectivity index (χ1v) is 7.93. The second-order valence-corrected chi connectivity index (χ2v) is 7.71. The maximum absolute atomic E-state index is 11.9. The van der Waals surface area contributed by atoms with E-state index in [0.717, 1.165) is 6.54 Å². The third kappa shape index (κ3) is 4.21. The van der Waals surface area contributed by atoms with Crippen molar-refractivity contribution >= 4 is 15.7 Å². The fraction of sp³-hybridized carbons (Fsp3) is 0.571. The molecule has 0 fully saturated rings. The largest absolute Gasteiger partial charge is 0.384 e. The smallest absolute Gasteiger partial charge is 0.242 e. The van der Waals surface area contributed by atoms with Crippen LogP contribution in [0.3, 0.4) is 0 Å². The zero-order valence-electron chi connectivity index (χ0n) is 12.3. The van der Waals surface area contributed by atoms with Gasteiger partial charge in [0.2, 0.25) is 10.0 Å². The number of anilines is 1. The van der Waals surface area contributed by atoms with Gasteiger partial charge in [0, 0.05) is 6.54 Å². The Morgan fingerprint density at radius 1 is 1.21 bits per heavy atom. The molecule has 1 aromatic rings. The van der Waals surface area contributed by atoms with Gasteiger partial charge in [-0.15, -0.1) is 0 Å². The minimum absolute atomic E-state index is 0.184. The van der Waals surface area contributed by atoms with Gasteiger partial charge in [-0.3, -0.25) is 0 Å². The minimum atomic E-state index is -3.42. The van der Waals surface area contributed by atoms with Gasteiger partial charge in [0.05, 0.1) is 5.69 Å². The van der Waals surface area contributed by atoms with Crippen molar-refractivity contribution in [2.24, 2.45) is 11.3 Å². The van der Waals surface area contributed by atoms with Gasteiger partial charge >= 0.3 is 0 Å². The molecule has 0 bridgehead atoms.